The zero-order valence-corrected chi connectivity index (χ0v) is 14.0. The van der Waals surface area contributed by atoms with Gasteiger partial charge in [0.1, 0.15) is 0 Å². The van der Waals surface area contributed by atoms with Crippen molar-refractivity contribution in [2.75, 3.05) is 19.6 Å². The topological polar surface area (TPSA) is 15.3 Å². The number of fused-ring (bicyclic) bond motifs is 1. The molecule has 2 unspecified atom stereocenters. The van der Waals surface area contributed by atoms with Crippen LogP contribution in [0.2, 0.25) is 0 Å². The third kappa shape index (κ3) is 3.10. The van der Waals surface area contributed by atoms with Crippen LogP contribution < -0.4 is 5.32 Å². The third-order valence-corrected chi connectivity index (χ3v) is 5.36. The van der Waals surface area contributed by atoms with Crippen LogP contribution in [0.15, 0.2) is 22.7 Å². The van der Waals surface area contributed by atoms with Gasteiger partial charge in [0.2, 0.25) is 0 Å². The molecule has 0 aromatic heterocycles. The molecule has 1 heterocycles. The molecule has 1 aromatic rings. The van der Waals surface area contributed by atoms with Crippen molar-refractivity contribution in [2.45, 2.75) is 51.1 Å². The van der Waals surface area contributed by atoms with Gasteiger partial charge in [0.05, 0.1) is 0 Å². The number of nitrogens with one attached hydrogen (secondary N) is 1. The van der Waals surface area contributed by atoms with Crippen molar-refractivity contribution >= 4 is 15.9 Å². The van der Waals surface area contributed by atoms with E-state index in [9.17, 15) is 0 Å². The molecule has 20 heavy (non-hydrogen) atoms. The molecular weight excluding hydrogens is 312 g/mol. The number of halogens is 1. The van der Waals surface area contributed by atoms with E-state index in [4.69, 9.17) is 0 Å². The summed E-state index contributed by atoms with van der Waals surface area (Å²) in [6, 6.07) is 8.16. The Morgan fingerprint density at radius 1 is 1.30 bits per heavy atom. The van der Waals surface area contributed by atoms with E-state index in [1.165, 1.54) is 49.7 Å². The normalized spacial score (nSPS) is 25.9. The lowest BCUT2D eigenvalue weighted by Gasteiger charge is -2.34. The number of nitrogens with zero attached hydrogens (tertiary/aromatic N) is 1. The number of likely N-dealkylation sites (N-methyl/N-ethyl adjacent to an activating group) is 1. The molecule has 1 aliphatic heterocycles. The van der Waals surface area contributed by atoms with Gasteiger partial charge < -0.3 is 5.32 Å². The van der Waals surface area contributed by atoms with Gasteiger partial charge in [-0.05, 0) is 62.0 Å². The number of aryl methyl sites for hydroxylation is 1. The first-order valence-corrected chi connectivity index (χ1v) is 8.83. The van der Waals surface area contributed by atoms with Gasteiger partial charge in [0.15, 0.2) is 0 Å². The predicted molar refractivity (Wildman–Crippen MR) is 88.1 cm³/mol. The van der Waals surface area contributed by atoms with E-state index in [1.54, 1.807) is 11.1 Å². The van der Waals surface area contributed by atoms with Crippen LogP contribution in [-0.2, 0) is 6.42 Å². The zero-order valence-electron chi connectivity index (χ0n) is 12.4. The van der Waals surface area contributed by atoms with E-state index in [0.717, 1.165) is 6.54 Å². The van der Waals surface area contributed by atoms with E-state index >= 15 is 0 Å². The van der Waals surface area contributed by atoms with Gasteiger partial charge in [-0.15, -0.1) is 0 Å². The molecular formula is C17H25BrN2. The Balaban J connectivity index is 1.71. The summed E-state index contributed by atoms with van der Waals surface area (Å²) in [6.45, 7) is 5.87. The largest absolute Gasteiger partial charge is 0.313 e. The summed E-state index contributed by atoms with van der Waals surface area (Å²) in [4.78, 5) is 2.68. The molecule has 2 nitrogen and oxygen atoms in total. The number of piperidine rings is 1. The maximum atomic E-state index is 3.69. The number of rotatable bonds is 4. The second-order valence-electron chi connectivity index (χ2n) is 6.13. The maximum absolute atomic E-state index is 3.69. The minimum Gasteiger partial charge on any atom is -0.313 e. The third-order valence-electron chi connectivity index (χ3n) is 4.87. The predicted octanol–water partition coefficient (Wildman–Crippen LogP) is 3.90. The molecule has 2 atom stereocenters. The Labute approximate surface area is 131 Å². The summed E-state index contributed by atoms with van der Waals surface area (Å²) in [5.74, 6) is 0. The van der Waals surface area contributed by atoms with Gasteiger partial charge in [-0.1, -0.05) is 35.3 Å². The minimum atomic E-state index is 0.631. The lowest BCUT2D eigenvalue weighted by molar-refractivity contribution is 0.173. The smallest absolute Gasteiger partial charge is 0.0354 e. The Kier molecular flexibility index (Phi) is 4.79. The highest BCUT2D eigenvalue weighted by Crippen LogP contribution is 2.37. The maximum Gasteiger partial charge on any atom is 0.0354 e. The molecule has 3 rings (SSSR count). The highest BCUT2D eigenvalue weighted by Gasteiger charge is 2.28. The van der Waals surface area contributed by atoms with Crippen LogP contribution in [0, 0.1) is 0 Å². The van der Waals surface area contributed by atoms with Crippen LogP contribution >= 0.6 is 15.9 Å². The first-order chi connectivity index (χ1) is 9.78. The number of hydrogen-bond acceptors (Lipinski definition) is 2. The van der Waals surface area contributed by atoms with E-state index < -0.39 is 0 Å². The van der Waals surface area contributed by atoms with Crippen molar-refractivity contribution in [1.29, 1.82) is 0 Å². The van der Waals surface area contributed by atoms with Crippen molar-refractivity contribution in [3.8, 4) is 0 Å². The van der Waals surface area contributed by atoms with Crippen molar-refractivity contribution in [2.24, 2.45) is 0 Å². The second-order valence-corrected chi connectivity index (χ2v) is 7.05. The Morgan fingerprint density at radius 3 is 2.95 bits per heavy atom. The molecule has 1 aromatic carbocycles. The molecule has 0 amide bonds. The Bertz CT molecular complexity index is 454. The van der Waals surface area contributed by atoms with Gasteiger partial charge in [-0.2, -0.15) is 0 Å². The fraction of sp³-hybridized carbons (Fsp3) is 0.647. The van der Waals surface area contributed by atoms with E-state index in [-0.39, 0.29) is 0 Å². The second kappa shape index (κ2) is 6.59. The Hall–Kier alpha value is -0.380. The molecule has 0 spiro atoms. The fourth-order valence-electron chi connectivity index (χ4n) is 3.78. The average Bonchev–Trinajstić information content (AvgIpc) is 2.88. The molecule has 0 bridgehead atoms. The summed E-state index contributed by atoms with van der Waals surface area (Å²) in [7, 11) is 0. The van der Waals surface area contributed by atoms with Crippen LogP contribution in [0.25, 0.3) is 0 Å². The molecule has 2 aliphatic rings. The van der Waals surface area contributed by atoms with Crippen molar-refractivity contribution in [3.05, 3.63) is 33.8 Å². The highest BCUT2D eigenvalue weighted by molar-refractivity contribution is 9.10. The van der Waals surface area contributed by atoms with E-state index in [2.05, 4.69) is 51.3 Å². The van der Waals surface area contributed by atoms with Crippen LogP contribution in [0.4, 0.5) is 0 Å². The molecule has 3 heteroatoms. The number of hydrogen-bond donors (Lipinski definition) is 1. The van der Waals surface area contributed by atoms with Gasteiger partial charge in [0, 0.05) is 23.1 Å². The molecule has 0 radical (unpaired) electrons. The molecule has 1 N–H and O–H groups in total. The molecule has 110 valence electrons. The van der Waals surface area contributed by atoms with E-state index in [0.29, 0.717) is 12.1 Å². The van der Waals surface area contributed by atoms with Gasteiger partial charge in [-0.25, -0.2) is 0 Å². The van der Waals surface area contributed by atoms with Gasteiger partial charge in [-0.3, -0.25) is 4.90 Å². The standard InChI is InChI=1S/C17H25BrN2/c1-2-20(12-15-5-3-4-10-19-15)17-9-6-13-11-14(18)7-8-16(13)17/h7-8,11,15,17,19H,2-6,9-10,12H2,1H3. The molecule has 1 aliphatic carbocycles. The summed E-state index contributed by atoms with van der Waals surface area (Å²) < 4.78 is 1.22. The first kappa shape index (κ1) is 14.6. The summed E-state index contributed by atoms with van der Waals surface area (Å²) in [5, 5.41) is 3.69. The summed E-state index contributed by atoms with van der Waals surface area (Å²) in [5.41, 5.74) is 3.10. The van der Waals surface area contributed by atoms with Gasteiger partial charge >= 0.3 is 0 Å². The number of benzene rings is 1. The minimum absolute atomic E-state index is 0.631. The van der Waals surface area contributed by atoms with Gasteiger partial charge in [0.25, 0.3) is 0 Å². The van der Waals surface area contributed by atoms with E-state index in [1.807, 2.05) is 0 Å². The quantitative estimate of drug-likeness (QED) is 0.896. The fourth-order valence-corrected chi connectivity index (χ4v) is 4.19. The summed E-state index contributed by atoms with van der Waals surface area (Å²) in [6.07, 6.45) is 6.60. The van der Waals surface area contributed by atoms with Crippen molar-refractivity contribution in [1.82, 2.24) is 10.2 Å². The average molecular weight is 337 g/mol. The molecule has 1 fully saturated rings. The van der Waals surface area contributed by atoms with Crippen LogP contribution in [0.3, 0.4) is 0 Å². The molecule has 0 saturated carbocycles. The van der Waals surface area contributed by atoms with Crippen molar-refractivity contribution in [3.63, 3.8) is 0 Å². The SMILES string of the molecule is CCN(CC1CCCCN1)C1CCc2cc(Br)ccc21. The monoisotopic (exact) mass is 336 g/mol. The lowest BCUT2D eigenvalue weighted by atomic mass is 10.0. The summed E-state index contributed by atoms with van der Waals surface area (Å²) >= 11 is 3.59. The van der Waals surface area contributed by atoms with Crippen LogP contribution in [-0.4, -0.2) is 30.6 Å². The Morgan fingerprint density at radius 2 is 2.20 bits per heavy atom. The molecule has 1 saturated heterocycles. The van der Waals surface area contributed by atoms with Crippen LogP contribution in [0.5, 0.6) is 0 Å². The first-order valence-electron chi connectivity index (χ1n) is 8.03. The van der Waals surface area contributed by atoms with Crippen LogP contribution in [0.1, 0.15) is 49.8 Å². The van der Waals surface area contributed by atoms with Crippen molar-refractivity contribution < 1.29 is 0 Å². The lowest BCUT2D eigenvalue weighted by Crippen LogP contribution is -2.44. The highest BCUT2D eigenvalue weighted by atomic mass is 79.9. The zero-order chi connectivity index (χ0) is 13.9.